The average Bonchev–Trinajstić information content (AvgIpc) is 3.49. The summed E-state index contributed by atoms with van der Waals surface area (Å²) in [5, 5.41) is 0.485. The number of aryl methyl sites for hydroxylation is 1. The molecule has 1 aliphatic heterocycles. The number of carbonyl (C=O) groups is 1. The minimum atomic E-state index is -3.66. The standard InChI is InChI=1S/C20H20ClNO6S/c1-12-2-5-17(29(24,25)22-16-3-4-16)8-18(12)20(23)27-10-14-7-15(21)6-13-9-26-11-28-19(13)14/h2,5-8,16,22H,3-4,9-11H2,1H3. The molecule has 0 bridgehead atoms. The number of hydrogen-bond donors (Lipinski definition) is 1. The first kappa shape index (κ1) is 20.2. The molecule has 0 amide bonds. The van der Waals surface area contributed by atoms with Gasteiger partial charge < -0.3 is 14.2 Å². The van der Waals surface area contributed by atoms with Gasteiger partial charge >= 0.3 is 5.97 Å². The highest BCUT2D eigenvalue weighted by Crippen LogP contribution is 2.32. The van der Waals surface area contributed by atoms with Gasteiger partial charge in [-0.2, -0.15) is 0 Å². The van der Waals surface area contributed by atoms with Crippen molar-refractivity contribution in [2.24, 2.45) is 0 Å². The van der Waals surface area contributed by atoms with Crippen molar-refractivity contribution in [3.8, 4) is 5.75 Å². The minimum Gasteiger partial charge on any atom is -0.467 e. The SMILES string of the molecule is Cc1ccc(S(=O)(=O)NC2CC2)cc1C(=O)OCc1cc(Cl)cc2c1OCOC2. The molecule has 2 aromatic rings. The van der Waals surface area contributed by atoms with Crippen LogP contribution in [0.15, 0.2) is 35.2 Å². The van der Waals surface area contributed by atoms with E-state index in [0.29, 0.717) is 28.5 Å². The quantitative estimate of drug-likeness (QED) is 0.697. The maximum Gasteiger partial charge on any atom is 0.338 e. The van der Waals surface area contributed by atoms with Crippen LogP contribution in [0.1, 0.15) is 39.9 Å². The molecular formula is C20H20ClNO6S. The van der Waals surface area contributed by atoms with Crippen molar-refractivity contribution in [1.29, 1.82) is 0 Å². The Hall–Kier alpha value is -2.13. The normalized spacial score (nSPS) is 16.1. The van der Waals surface area contributed by atoms with Crippen LogP contribution in [0, 0.1) is 6.92 Å². The zero-order chi connectivity index (χ0) is 20.6. The van der Waals surface area contributed by atoms with E-state index in [9.17, 15) is 13.2 Å². The van der Waals surface area contributed by atoms with Crippen molar-refractivity contribution in [2.45, 2.75) is 43.9 Å². The van der Waals surface area contributed by atoms with Crippen LogP contribution in [0.2, 0.25) is 5.02 Å². The fraction of sp³-hybridized carbons (Fsp3) is 0.350. The lowest BCUT2D eigenvalue weighted by Gasteiger charge is -2.21. The smallest absolute Gasteiger partial charge is 0.338 e. The van der Waals surface area contributed by atoms with Gasteiger partial charge in [-0.1, -0.05) is 17.7 Å². The van der Waals surface area contributed by atoms with Gasteiger partial charge in [-0.05, 0) is 49.6 Å². The van der Waals surface area contributed by atoms with Crippen molar-refractivity contribution >= 4 is 27.6 Å². The number of halogens is 1. The van der Waals surface area contributed by atoms with E-state index in [1.54, 1.807) is 25.1 Å². The number of ether oxygens (including phenoxy) is 3. The topological polar surface area (TPSA) is 90.9 Å². The van der Waals surface area contributed by atoms with Crippen LogP contribution in [0.4, 0.5) is 0 Å². The summed E-state index contributed by atoms with van der Waals surface area (Å²) in [6.45, 7) is 2.15. The summed E-state index contributed by atoms with van der Waals surface area (Å²) in [4.78, 5) is 12.7. The second-order valence-corrected chi connectivity index (χ2v) is 9.26. The minimum absolute atomic E-state index is 0.0188. The molecule has 0 radical (unpaired) electrons. The molecule has 1 saturated carbocycles. The van der Waals surface area contributed by atoms with Crippen LogP contribution in [0.5, 0.6) is 5.75 Å². The number of nitrogens with one attached hydrogen (secondary N) is 1. The molecule has 0 aromatic heterocycles. The molecule has 9 heteroatoms. The molecule has 4 rings (SSSR count). The molecule has 1 N–H and O–H groups in total. The third kappa shape index (κ3) is 4.56. The Kier molecular flexibility index (Phi) is 5.52. The van der Waals surface area contributed by atoms with Crippen LogP contribution in [-0.4, -0.2) is 27.2 Å². The first-order chi connectivity index (χ1) is 13.8. The number of benzene rings is 2. The second-order valence-electron chi connectivity index (χ2n) is 7.11. The Labute approximate surface area is 174 Å². The maximum atomic E-state index is 12.7. The Morgan fingerprint density at radius 3 is 2.83 bits per heavy atom. The van der Waals surface area contributed by atoms with E-state index in [-0.39, 0.29) is 29.9 Å². The van der Waals surface area contributed by atoms with Gasteiger partial charge in [0.2, 0.25) is 10.0 Å². The second kappa shape index (κ2) is 7.95. The number of esters is 1. The molecule has 1 heterocycles. The summed E-state index contributed by atoms with van der Waals surface area (Å²) in [5.41, 5.74) is 2.23. The molecule has 154 valence electrons. The summed E-state index contributed by atoms with van der Waals surface area (Å²) in [7, 11) is -3.66. The fourth-order valence-corrected chi connectivity index (χ4v) is 4.66. The van der Waals surface area contributed by atoms with Crippen molar-refractivity contribution < 1.29 is 27.4 Å². The van der Waals surface area contributed by atoms with Gasteiger partial charge in [0.05, 0.1) is 17.1 Å². The van der Waals surface area contributed by atoms with E-state index in [2.05, 4.69) is 4.72 Å². The lowest BCUT2D eigenvalue weighted by molar-refractivity contribution is -0.0180. The van der Waals surface area contributed by atoms with E-state index in [1.165, 1.54) is 12.1 Å². The Morgan fingerprint density at radius 2 is 2.07 bits per heavy atom. The van der Waals surface area contributed by atoms with E-state index >= 15 is 0 Å². The summed E-state index contributed by atoms with van der Waals surface area (Å²) < 4.78 is 43.7. The summed E-state index contributed by atoms with van der Waals surface area (Å²) in [5.74, 6) is -0.0260. The van der Waals surface area contributed by atoms with Gasteiger partial charge in [0.1, 0.15) is 12.4 Å². The first-order valence-corrected chi connectivity index (χ1v) is 11.0. The molecule has 0 atom stereocenters. The van der Waals surface area contributed by atoms with Crippen LogP contribution < -0.4 is 9.46 Å². The lowest BCUT2D eigenvalue weighted by Crippen LogP contribution is -2.26. The maximum absolute atomic E-state index is 12.7. The fourth-order valence-electron chi connectivity index (χ4n) is 3.06. The lowest BCUT2D eigenvalue weighted by atomic mass is 10.1. The Morgan fingerprint density at radius 1 is 1.28 bits per heavy atom. The molecule has 7 nitrogen and oxygen atoms in total. The van der Waals surface area contributed by atoms with E-state index in [4.69, 9.17) is 25.8 Å². The van der Waals surface area contributed by atoms with Gasteiger partial charge in [0.15, 0.2) is 6.79 Å². The average molecular weight is 438 g/mol. The number of hydrogen-bond acceptors (Lipinski definition) is 6. The van der Waals surface area contributed by atoms with Gasteiger partial charge in [-0.25, -0.2) is 17.9 Å². The molecule has 0 saturated heterocycles. The highest BCUT2D eigenvalue weighted by Gasteiger charge is 2.28. The van der Waals surface area contributed by atoms with Crippen molar-refractivity contribution in [1.82, 2.24) is 4.72 Å². The van der Waals surface area contributed by atoms with Crippen LogP contribution in [0.3, 0.4) is 0 Å². The van der Waals surface area contributed by atoms with Gasteiger partial charge in [-0.15, -0.1) is 0 Å². The van der Waals surface area contributed by atoms with E-state index in [1.807, 2.05) is 0 Å². The molecule has 29 heavy (non-hydrogen) atoms. The summed E-state index contributed by atoms with van der Waals surface area (Å²) in [6, 6.07) is 7.83. The van der Waals surface area contributed by atoms with Crippen LogP contribution in [0.25, 0.3) is 0 Å². The molecule has 2 aromatic carbocycles. The van der Waals surface area contributed by atoms with Crippen molar-refractivity contribution in [2.75, 3.05) is 6.79 Å². The van der Waals surface area contributed by atoms with Crippen LogP contribution in [-0.2, 0) is 32.7 Å². The third-order valence-corrected chi connectivity index (χ3v) is 6.49. The number of carbonyl (C=O) groups excluding carboxylic acids is 1. The Bertz CT molecular complexity index is 1060. The zero-order valence-electron chi connectivity index (χ0n) is 15.7. The highest BCUT2D eigenvalue weighted by molar-refractivity contribution is 7.89. The van der Waals surface area contributed by atoms with Gasteiger partial charge in [-0.3, -0.25) is 0 Å². The van der Waals surface area contributed by atoms with Gasteiger partial charge in [0.25, 0.3) is 0 Å². The van der Waals surface area contributed by atoms with Gasteiger partial charge in [0, 0.05) is 22.2 Å². The van der Waals surface area contributed by atoms with E-state index < -0.39 is 16.0 Å². The zero-order valence-corrected chi connectivity index (χ0v) is 17.3. The highest BCUT2D eigenvalue weighted by atomic mass is 35.5. The third-order valence-electron chi connectivity index (χ3n) is 4.75. The monoisotopic (exact) mass is 437 g/mol. The Balaban J connectivity index is 1.53. The predicted octanol–water partition coefficient (Wildman–Crippen LogP) is 3.31. The van der Waals surface area contributed by atoms with E-state index in [0.717, 1.165) is 18.4 Å². The molecule has 1 aliphatic carbocycles. The van der Waals surface area contributed by atoms with Crippen molar-refractivity contribution in [3.05, 3.63) is 57.6 Å². The summed E-state index contributed by atoms with van der Waals surface area (Å²) >= 11 is 6.13. The molecule has 0 unspecified atom stereocenters. The molecule has 0 spiro atoms. The number of sulfonamides is 1. The molecule has 2 aliphatic rings. The largest absolute Gasteiger partial charge is 0.467 e. The number of rotatable bonds is 6. The summed E-state index contributed by atoms with van der Waals surface area (Å²) in [6.07, 6.45) is 1.66. The molecular weight excluding hydrogens is 418 g/mol. The number of fused-ring (bicyclic) bond motifs is 1. The van der Waals surface area contributed by atoms with Crippen LogP contribution >= 0.6 is 11.6 Å². The first-order valence-electron chi connectivity index (χ1n) is 9.15. The predicted molar refractivity (Wildman–Crippen MR) is 105 cm³/mol. The molecule has 1 fully saturated rings. The van der Waals surface area contributed by atoms with Crippen molar-refractivity contribution in [3.63, 3.8) is 0 Å².